The first kappa shape index (κ1) is 13.7. The first-order valence-corrected chi connectivity index (χ1v) is 5.81. The summed E-state index contributed by atoms with van der Waals surface area (Å²) in [6.07, 6.45) is 0.107. The van der Waals surface area contributed by atoms with E-state index in [0.29, 0.717) is 0 Å². The highest BCUT2D eigenvalue weighted by molar-refractivity contribution is 5.68. The zero-order valence-corrected chi connectivity index (χ0v) is 11.5. The molecule has 1 rings (SSSR count). The molecule has 0 aromatic carbocycles. The lowest BCUT2D eigenvalue weighted by Gasteiger charge is -2.22. The van der Waals surface area contributed by atoms with Crippen molar-refractivity contribution in [3.8, 4) is 0 Å². The number of carboxylic acid groups (broad SMARTS) is 1. The van der Waals surface area contributed by atoms with Crippen LogP contribution in [0.3, 0.4) is 0 Å². The van der Waals surface area contributed by atoms with Crippen LogP contribution >= 0.6 is 0 Å². The Morgan fingerprint density at radius 1 is 1.35 bits per heavy atom. The molecule has 0 saturated carbocycles. The summed E-state index contributed by atoms with van der Waals surface area (Å²) in [4.78, 5) is 10.9. The molecule has 4 nitrogen and oxygen atoms in total. The number of aromatic nitrogens is 2. The van der Waals surface area contributed by atoms with Crippen LogP contribution in [0.25, 0.3) is 0 Å². The molecule has 0 aliphatic heterocycles. The van der Waals surface area contributed by atoms with Gasteiger partial charge in [-0.15, -0.1) is 0 Å². The van der Waals surface area contributed by atoms with Crippen molar-refractivity contribution in [3.63, 3.8) is 0 Å². The van der Waals surface area contributed by atoms with Crippen LogP contribution in [0.15, 0.2) is 6.07 Å². The van der Waals surface area contributed by atoms with Crippen LogP contribution in [-0.2, 0) is 22.7 Å². The smallest absolute Gasteiger partial charge is 0.304 e. The molecular formula is C13H22N2O2. The molecule has 1 aromatic rings. The maximum absolute atomic E-state index is 10.9. The minimum absolute atomic E-state index is 0.0185. The molecule has 0 bridgehead atoms. The van der Waals surface area contributed by atoms with Gasteiger partial charge in [0, 0.05) is 23.6 Å². The van der Waals surface area contributed by atoms with Crippen molar-refractivity contribution in [2.45, 2.75) is 51.9 Å². The quantitative estimate of drug-likeness (QED) is 0.880. The number of carbonyl (C=O) groups is 1. The van der Waals surface area contributed by atoms with E-state index in [-0.39, 0.29) is 11.8 Å². The van der Waals surface area contributed by atoms with Crippen molar-refractivity contribution in [2.24, 2.45) is 7.05 Å². The lowest BCUT2D eigenvalue weighted by atomic mass is 9.84. The van der Waals surface area contributed by atoms with E-state index in [9.17, 15) is 4.79 Å². The van der Waals surface area contributed by atoms with Gasteiger partial charge in [0.2, 0.25) is 0 Å². The second-order valence-corrected chi connectivity index (χ2v) is 6.24. The third-order valence-corrected chi connectivity index (χ3v) is 2.93. The number of carboxylic acids is 1. The highest BCUT2D eigenvalue weighted by Gasteiger charge is 2.30. The maximum atomic E-state index is 10.9. The third kappa shape index (κ3) is 3.08. The van der Waals surface area contributed by atoms with Gasteiger partial charge in [0.05, 0.1) is 12.1 Å². The highest BCUT2D eigenvalue weighted by Crippen LogP contribution is 2.30. The van der Waals surface area contributed by atoms with E-state index in [2.05, 4.69) is 25.9 Å². The van der Waals surface area contributed by atoms with E-state index in [0.717, 1.165) is 11.4 Å². The van der Waals surface area contributed by atoms with Gasteiger partial charge in [-0.25, -0.2) is 0 Å². The summed E-state index contributed by atoms with van der Waals surface area (Å²) >= 11 is 0. The maximum Gasteiger partial charge on any atom is 0.304 e. The van der Waals surface area contributed by atoms with Crippen molar-refractivity contribution >= 4 is 5.97 Å². The number of aryl methyl sites for hydroxylation is 1. The van der Waals surface area contributed by atoms with E-state index < -0.39 is 11.4 Å². The molecule has 1 heterocycles. The largest absolute Gasteiger partial charge is 0.481 e. The summed E-state index contributed by atoms with van der Waals surface area (Å²) < 4.78 is 1.80. The molecule has 0 radical (unpaired) electrons. The average Bonchev–Trinajstić information content (AvgIpc) is 2.44. The van der Waals surface area contributed by atoms with Gasteiger partial charge in [-0.3, -0.25) is 9.48 Å². The minimum atomic E-state index is -0.784. The van der Waals surface area contributed by atoms with Crippen LogP contribution in [0.1, 0.15) is 52.4 Å². The Morgan fingerprint density at radius 2 is 1.88 bits per heavy atom. The Bertz CT molecular complexity index is 425. The minimum Gasteiger partial charge on any atom is -0.481 e. The fourth-order valence-electron chi connectivity index (χ4n) is 1.94. The van der Waals surface area contributed by atoms with E-state index in [1.165, 1.54) is 0 Å². The molecule has 17 heavy (non-hydrogen) atoms. The lowest BCUT2D eigenvalue weighted by molar-refractivity contribution is -0.138. The van der Waals surface area contributed by atoms with Crippen LogP contribution in [-0.4, -0.2) is 20.9 Å². The van der Waals surface area contributed by atoms with Gasteiger partial charge in [-0.1, -0.05) is 34.6 Å². The van der Waals surface area contributed by atoms with Crippen LogP contribution < -0.4 is 0 Å². The van der Waals surface area contributed by atoms with E-state index in [4.69, 9.17) is 5.11 Å². The van der Waals surface area contributed by atoms with E-state index in [1.54, 1.807) is 4.68 Å². The molecule has 4 heteroatoms. The lowest BCUT2D eigenvalue weighted by Crippen LogP contribution is -2.24. The zero-order valence-electron chi connectivity index (χ0n) is 11.5. The first-order chi connectivity index (χ1) is 7.54. The third-order valence-electron chi connectivity index (χ3n) is 2.93. The fraction of sp³-hybridized carbons (Fsp3) is 0.692. The predicted octanol–water partition coefficient (Wildman–Crippen LogP) is 2.47. The molecule has 0 fully saturated rings. The van der Waals surface area contributed by atoms with Crippen LogP contribution in [0.5, 0.6) is 0 Å². The molecule has 1 N–H and O–H groups in total. The molecule has 0 aliphatic rings. The fourth-order valence-corrected chi connectivity index (χ4v) is 1.94. The summed E-state index contributed by atoms with van der Waals surface area (Å²) in [6, 6.07) is 2.02. The molecule has 0 aliphatic carbocycles. The molecule has 0 spiro atoms. The van der Waals surface area contributed by atoms with Crippen molar-refractivity contribution < 1.29 is 9.90 Å². The highest BCUT2D eigenvalue weighted by atomic mass is 16.4. The summed E-state index contributed by atoms with van der Waals surface area (Å²) in [5, 5.41) is 13.4. The summed E-state index contributed by atoms with van der Waals surface area (Å²) in [7, 11) is 1.87. The van der Waals surface area contributed by atoms with Gasteiger partial charge in [-0.05, 0) is 6.07 Å². The number of aliphatic carboxylic acids is 1. The van der Waals surface area contributed by atoms with Gasteiger partial charge >= 0.3 is 5.97 Å². The number of nitrogens with zero attached hydrogens (tertiary/aromatic N) is 2. The monoisotopic (exact) mass is 238 g/mol. The summed E-state index contributed by atoms with van der Waals surface area (Å²) in [5.74, 6) is -0.784. The molecule has 0 saturated heterocycles. The normalized spacial score (nSPS) is 12.8. The molecule has 96 valence electrons. The predicted molar refractivity (Wildman–Crippen MR) is 67.2 cm³/mol. The van der Waals surface area contributed by atoms with Gasteiger partial charge < -0.3 is 5.11 Å². The first-order valence-electron chi connectivity index (χ1n) is 5.81. The molecule has 0 amide bonds. The van der Waals surface area contributed by atoms with Crippen LogP contribution in [0.2, 0.25) is 0 Å². The van der Waals surface area contributed by atoms with Gasteiger partial charge in [-0.2, -0.15) is 5.10 Å². The zero-order chi connectivity index (χ0) is 13.4. The molecule has 1 aromatic heterocycles. The second kappa shape index (κ2) is 4.17. The average molecular weight is 238 g/mol. The number of hydrogen-bond acceptors (Lipinski definition) is 2. The van der Waals surface area contributed by atoms with Crippen LogP contribution in [0, 0.1) is 0 Å². The Kier molecular flexibility index (Phi) is 3.37. The van der Waals surface area contributed by atoms with Crippen molar-refractivity contribution in [2.75, 3.05) is 0 Å². The van der Waals surface area contributed by atoms with E-state index in [1.807, 2.05) is 27.0 Å². The van der Waals surface area contributed by atoms with Gasteiger partial charge in [0.1, 0.15) is 0 Å². The Hall–Kier alpha value is -1.32. The van der Waals surface area contributed by atoms with Crippen molar-refractivity contribution in [1.29, 1.82) is 0 Å². The van der Waals surface area contributed by atoms with Crippen molar-refractivity contribution in [1.82, 2.24) is 9.78 Å². The number of rotatable bonds is 3. The SMILES string of the molecule is Cn1nc(C(C)(C)C)cc1C(C)(C)CC(=O)O. The summed E-state index contributed by atoms with van der Waals surface area (Å²) in [6.45, 7) is 10.2. The Morgan fingerprint density at radius 3 is 2.24 bits per heavy atom. The Labute approximate surface area is 103 Å². The van der Waals surface area contributed by atoms with E-state index >= 15 is 0 Å². The molecule has 0 atom stereocenters. The molecule has 0 unspecified atom stereocenters. The standard InChI is InChI=1S/C13H22N2O2/c1-12(2,3)9-7-10(15(6)14-9)13(4,5)8-11(16)17/h7H,8H2,1-6H3,(H,16,17). The van der Waals surface area contributed by atoms with Crippen molar-refractivity contribution in [3.05, 3.63) is 17.5 Å². The summed E-state index contributed by atoms with van der Waals surface area (Å²) in [5.41, 5.74) is 1.53. The second-order valence-electron chi connectivity index (χ2n) is 6.24. The number of hydrogen-bond donors (Lipinski definition) is 1. The van der Waals surface area contributed by atoms with Gasteiger partial charge in [0.25, 0.3) is 0 Å². The topological polar surface area (TPSA) is 55.1 Å². The van der Waals surface area contributed by atoms with Crippen LogP contribution in [0.4, 0.5) is 0 Å². The van der Waals surface area contributed by atoms with Gasteiger partial charge in [0.15, 0.2) is 0 Å². The molecular weight excluding hydrogens is 216 g/mol. The Balaban J connectivity index is 3.15.